The van der Waals surface area contributed by atoms with Gasteiger partial charge in [-0.1, -0.05) is 19.1 Å². The number of nitro groups is 1. The number of rotatable bonds is 4. The second kappa shape index (κ2) is 6.07. The van der Waals surface area contributed by atoms with E-state index in [1.54, 1.807) is 12.1 Å². The largest absolute Gasteiger partial charge is 0.369 e. The number of primary amides is 1. The van der Waals surface area contributed by atoms with Gasteiger partial charge in [0.15, 0.2) is 0 Å². The first-order chi connectivity index (χ1) is 7.06. The van der Waals surface area contributed by atoms with Crippen LogP contribution < -0.4 is 5.73 Å². The molecule has 16 heavy (non-hydrogen) atoms. The number of hydrogen-bond donors (Lipinski definition) is 1. The molecule has 0 aliphatic heterocycles. The van der Waals surface area contributed by atoms with Crippen LogP contribution in [0.1, 0.15) is 24.8 Å². The Morgan fingerprint density at radius 2 is 1.94 bits per heavy atom. The molecular formula is C10H13ClN2O3. The van der Waals surface area contributed by atoms with Crippen molar-refractivity contribution >= 4 is 24.0 Å². The molecule has 1 aromatic rings. The Balaban J connectivity index is 0.00000225. The molecule has 0 aromatic heterocycles. The summed E-state index contributed by atoms with van der Waals surface area (Å²) in [5, 5.41) is 10.4. The summed E-state index contributed by atoms with van der Waals surface area (Å²) in [4.78, 5) is 21.0. The lowest BCUT2D eigenvalue weighted by molar-refractivity contribution is -0.384. The Bertz CT molecular complexity index is 378. The average Bonchev–Trinajstić information content (AvgIpc) is 2.19. The molecule has 0 fully saturated rings. The summed E-state index contributed by atoms with van der Waals surface area (Å²) >= 11 is 0. The highest BCUT2D eigenvalue weighted by molar-refractivity contribution is 5.85. The summed E-state index contributed by atoms with van der Waals surface area (Å²) in [5.41, 5.74) is 5.93. The van der Waals surface area contributed by atoms with E-state index in [2.05, 4.69) is 0 Å². The van der Waals surface area contributed by atoms with Gasteiger partial charge in [0.05, 0.1) is 10.8 Å². The molecule has 5 nitrogen and oxygen atoms in total. The molecule has 1 rings (SSSR count). The number of amides is 1. The summed E-state index contributed by atoms with van der Waals surface area (Å²) in [7, 11) is 0. The SMILES string of the molecule is CCC(C(N)=O)c1ccc([N+](=O)[O-])cc1.Cl. The molecule has 0 radical (unpaired) electrons. The maximum absolute atomic E-state index is 11.0. The molecular weight excluding hydrogens is 232 g/mol. The summed E-state index contributed by atoms with van der Waals surface area (Å²) in [6.07, 6.45) is 0.590. The molecule has 0 aliphatic rings. The zero-order valence-electron chi connectivity index (χ0n) is 8.75. The molecule has 2 N–H and O–H groups in total. The van der Waals surface area contributed by atoms with Crippen molar-refractivity contribution in [1.82, 2.24) is 0 Å². The van der Waals surface area contributed by atoms with E-state index in [1.165, 1.54) is 12.1 Å². The van der Waals surface area contributed by atoms with Crippen molar-refractivity contribution in [2.45, 2.75) is 19.3 Å². The smallest absolute Gasteiger partial charge is 0.269 e. The number of benzene rings is 1. The highest BCUT2D eigenvalue weighted by Crippen LogP contribution is 2.21. The van der Waals surface area contributed by atoms with Gasteiger partial charge in [-0.25, -0.2) is 0 Å². The van der Waals surface area contributed by atoms with Crippen LogP contribution >= 0.6 is 12.4 Å². The first-order valence-electron chi connectivity index (χ1n) is 4.60. The first kappa shape index (κ1) is 14.4. The van der Waals surface area contributed by atoms with E-state index in [0.29, 0.717) is 6.42 Å². The van der Waals surface area contributed by atoms with E-state index in [-0.39, 0.29) is 24.0 Å². The van der Waals surface area contributed by atoms with Crippen molar-refractivity contribution in [3.8, 4) is 0 Å². The zero-order valence-corrected chi connectivity index (χ0v) is 9.57. The van der Waals surface area contributed by atoms with Crippen LogP contribution in [-0.2, 0) is 4.79 Å². The predicted octanol–water partition coefficient (Wildman–Crippen LogP) is 2.00. The molecule has 1 aromatic carbocycles. The summed E-state index contributed by atoms with van der Waals surface area (Å²) < 4.78 is 0. The minimum absolute atomic E-state index is 0. The van der Waals surface area contributed by atoms with Crippen molar-refractivity contribution in [3.63, 3.8) is 0 Å². The molecule has 0 spiro atoms. The lowest BCUT2D eigenvalue weighted by Gasteiger charge is -2.10. The van der Waals surface area contributed by atoms with Crippen molar-refractivity contribution < 1.29 is 9.72 Å². The van der Waals surface area contributed by atoms with Gasteiger partial charge in [-0.05, 0) is 12.0 Å². The second-order valence-corrected chi connectivity index (χ2v) is 3.21. The molecule has 1 amide bonds. The predicted molar refractivity (Wildman–Crippen MR) is 62.6 cm³/mol. The molecule has 0 saturated carbocycles. The minimum Gasteiger partial charge on any atom is -0.369 e. The Labute approximate surface area is 99.2 Å². The Morgan fingerprint density at radius 1 is 1.44 bits per heavy atom. The number of non-ortho nitro benzene ring substituents is 1. The molecule has 0 heterocycles. The van der Waals surface area contributed by atoms with E-state index in [1.807, 2.05) is 6.92 Å². The number of carbonyl (C=O) groups excluding carboxylic acids is 1. The Kier molecular flexibility index (Phi) is 5.46. The standard InChI is InChI=1S/C10H12N2O3.ClH/c1-2-9(10(11)13)7-3-5-8(6-4-7)12(14)15;/h3-6,9H,2H2,1H3,(H2,11,13);1H. The van der Waals surface area contributed by atoms with Gasteiger partial charge in [-0.2, -0.15) is 0 Å². The molecule has 0 saturated heterocycles. The highest BCUT2D eigenvalue weighted by Gasteiger charge is 2.16. The van der Waals surface area contributed by atoms with Gasteiger partial charge in [0.25, 0.3) is 5.69 Å². The number of hydrogen-bond acceptors (Lipinski definition) is 3. The van der Waals surface area contributed by atoms with Crippen LogP contribution in [0, 0.1) is 10.1 Å². The van der Waals surface area contributed by atoms with Gasteiger partial charge in [0.1, 0.15) is 0 Å². The van der Waals surface area contributed by atoms with Crippen LogP contribution in [0.25, 0.3) is 0 Å². The summed E-state index contributed by atoms with van der Waals surface area (Å²) in [5.74, 6) is -0.780. The zero-order chi connectivity index (χ0) is 11.4. The Hall–Kier alpha value is -1.62. The van der Waals surface area contributed by atoms with Gasteiger partial charge < -0.3 is 5.73 Å². The average molecular weight is 245 g/mol. The number of halogens is 1. The third kappa shape index (κ3) is 3.20. The third-order valence-corrected chi connectivity index (χ3v) is 2.26. The number of carbonyl (C=O) groups is 1. The van der Waals surface area contributed by atoms with E-state index in [9.17, 15) is 14.9 Å². The van der Waals surface area contributed by atoms with Gasteiger partial charge in [-0.3, -0.25) is 14.9 Å². The number of nitrogens with zero attached hydrogens (tertiary/aromatic N) is 1. The molecule has 88 valence electrons. The van der Waals surface area contributed by atoms with Crippen LogP contribution in [0.15, 0.2) is 24.3 Å². The first-order valence-corrected chi connectivity index (χ1v) is 4.60. The maximum atomic E-state index is 11.0. The van der Waals surface area contributed by atoms with Crippen LogP contribution in [0.5, 0.6) is 0 Å². The fourth-order valence-electron chi connectivity index (χ4n) is 1.43. The molecule has 0 bridgehead atoms. The number of nitrogens with two attached hydrogens (primary N) is 1. The molecule has 1 atom stereocenters. The van der Waals surface area contributed by atoms with E-state index in [0.717, 1.165) is 5.56 Å². The van der Waals surface area contributed by atoms with E-state index >= 15 is 0 Å². The van der Waals surface area contributed by atoms with Gasteiger partial charge >= 0.3 is 0 Å². The lowest BCUT2D eigenvalue weighted by Crippen LogP contribution is -2.20. The maximum Gasteiger partial charge on any atom is 0.269 e. The van der Waals surface area contributed by atoms with Crippen LogP contribution in [0.4, 0.5) is 5.69 Å². The molecule has 1 unspecified atom stereocenters. The third-order valence-electron chi connectivity index (χ3n) is 2.26. The molecule has 6 heteroatoms. The Morgan fingerprint density at radius 3 is 2.25 bits per heavy atom. The fourth-order valence-corrected chi connectivity index (χ4v) is 1.43. The summed E-state index contributed by atoms with van der Waals surface area (Å²) in [6, 6.07) is 5.88. The van der Waals surface area contributed by atoms with Gasteiger partial charge in [0.2, 0.25) is 5.91 Å². The van der Waals surface area contributed by atoms with Crippen molar-refractivity contribution in [2.75, 3.05) is 0 Å². The van der Waals surface area contributed by atoms with Crippen molar-refractivity contribution in [1.29, 1.82) is 0 Å². The van der Waals surface area contributed by atoms with Gasteiger partial charge in [-0.15, -0.1) is 12.4 Å². The van der Waals surface area contributed by atoms with E-state index in [4.69, 9.17) is 5.73 Å². The minimum atomic E-state index is -0.477. The van der Waals surface area contributed by atoms with Crippen molar-refractivity contribution in [3.05, 3.63) is 39.9 Å². The summed E-state index contributed by atoms with van der Waals surface area (Å²) in [6.45, 7) is 1.84. The monoisotopic (exact) mass is 244 g/mol. The van der Waals surface area contributed by atoms with Crippen LogP contribution in [0.3, 0.4) is 0 Å². The van der Waals surface area contributed by atoms with Crippen LogP contribution in [-0.4, -0.2) is 10.8 Å². The molecule has 0 aliphatic carbocycles. The highest BCUT2D eigenvalue weighted by atomic mass is 35.5. The van der Waals surface area contributed by atoms with Crippen molar-refractivity contribution in [2.24, 2.45) is 5.73 Å². The lowest BCUT2D eigenvalue weighted by atomic mass is 9.96. The fraction of sp³-hybridized carbons (Fsp3) is 0.300. The number of nitro benzene ring substituents is 1. The van der Waals surface area contributed by atoms with Gasteiger partial charge in [0, 0.05) is 12.1 Å². The van der Waals surface area contributed by atoms with E-state index < -0.39 is 10.8 Å². The second-order valence-electron chi connectivity index (χ2n) is 3.21. The van der Waals surface area contributed by atoms with Crippen LogP contribution in [0.2, 0.25) is 0 Å². The quantitative estimate of drug-likeness (QED) is 0.649. The normalized spacial score (nSPS) is 11.3. The topological polar surface area (TPSA) is 86.2 Å².